The van der Waals surface area contributed by atoms with Gasteiger partial charge in [0.2, 0.25) is 5.89 Å². The van der Waals surface area contributed by atoms with Gasteiger partial charge in [0, 0.05) is 0 Å². The molecule has 2 heterocycles. The van der Waals surface area contributed by atoms with E-state index < -0.39 is 0 Å². The third-order valence-electron chi connectivity index (χ3n) is 1.16. The molecule has 0 bridgehead atoms. The van der Waals surface area contributed by atoms with Gasteiger partial charge in [0.05, 0.1) is 11.1 Å². The van der Waals surface area contributed by atoms with Crippen LogP contribution in [0.3, 0.4) is 0 Å². The van der Waals surface area contributed by atoms with Gasteiger partial charge in [0.15, 0.2) is 0 Å². The summed E-state index contributed by atoms with van der Waals surface area (Å²) in [5, 5.41) is 2.00. The van der Waals surface area contributed by atoms with Crippen LogP contribution in [0.5, 0.6) is 0 Å². The highest BCUT2D eigenvalue weighted by atomic mass is 32.1. The molecular formula is C7H5NOS. The van der Waals surface area contributed by atoms with Crippen LogP contribution in [0.25, 0.3) is 10.8 Å². The summed E-state index contributed by atoms with van der Waals surface area (Å²) < 4.78 is 5.08. The van der Waals surface area contributed by atoms with E-state index in [4.69, 9.17) is 4.42 Å². The molecule has 0 radical (unpaired) electrons. The molecule has 0 aliphatic heterocycles. The van der Waals surface area contributed by atoms with Gasteiger partial charge < -0.3 is 4.42 Å². The lowest BCUT2D eigenvalue weighted by Crippen LogP contribution is -1.65. The third kappa shape index (κ3) is 0.844. The summed E-state index contributed by atoms with van der Waals surface area (Å²) in [6, 6.07) is 3.96. The first-order valence-corrected chi connectivity index (χ1v) is 3.78. The maximum Gasteiger partial charge on any atom is 0.236 e. The van der Waals surface area contributed by atoms with Crippen LogP contribution in [-0.4, -0.2) is 4.98 Å². The topological polar surface area (TPSA) is 26.0 Å². The lowest BCUT2D eigenvalue weighted by molar-refractivity contribution is 0.576. The van der Waals surface area contributed by atoms with E-state index in [2.05, 4.69) is 4.98 Å². The molecule has 0 spiro atoms. The van der Waals surface area contributed by atoms with Crippen molar-refractivity contribution in [2.75, 3.05) is 0 Å². The Labute approximate surface area is 62.1 Å². The van der Waals surface area contributed by atoms with Crippen LogP contribution in [0.15, 0.2) is 34.4 Å². The number of thiophene rings is 1. The maximum absolute atomic E-state index is 5.08. The van der Waals surface area contributed by atoms with Crippen molar-refractivity contribution in [2.45, 2.75) is 0 Å². The Balaban J connectivity index is 2.48. The molecule has 50 valence electrons. The minimum atomic E-state index is 0.704. The molecule has 2 nitrogen and oxygen atoms in total. The highest BCUT2D eigenvalue weighted by Crippen LogP contribution is 2.21. The number of aromatic nitrogens is 1. The van der Waals surface area contributed by atoms with Gasteiger partial charge in [-0.05, 0) is 11.4 Å². The molecule has 0 saturated carbocycles. The van der Waals surface area contributed by atoms with E-state index in [0.717, 1.165) is 4.88 Å². The van der Waals surface area contributed by atoms with Crippen molar-refractivity contribution < 1.29 is 4.42 Å². The summed E-state index contributed by atoms with van der Waals surface area (Å²) in [6.45, 7) is 0. The highest BCUT2D eigenvalue weighted by Gasteiger charge is 2.00. The summed E-state index contributed by atoms with van der Waals surface area (Å²) in [5.41, 5.74) is 0. The minimum absolute atomic E-state index is 0.704. The van der Waals surface area contributed by atoms with Gasteiger partial charge in [-0.2, -0.15) is 0 Å². The first-order chi connectivity index (χ1) is 4.97. The molecule has 0 atom stereocenters. The van der Waals surface area contributed by atoms with Crippen LogP contribution in [-0.2, 0) is 0 Å². The average molecular weight is 151 g/mol. The summed E-state index contributed by atoms with van der Waals surface area (Å²) in [4.78, 5) is 5.08. The normalized spacial score (nSPS) is 10.0. The molecule has 3 heteroatoms. The molecule has 0 amide bonds. The molecular weight excluding hydrogens is 146 g/mol. The van der Waals surface area contributed by atoms with Crippen LogP contribution in [0.2, 0.25) is 0 Å². The summed E-state index contributed by atoms with van der Waals surface area (Å²) in [5.74, 6) is 0.704. The Morgan fingerprint density at radius 1 is 1.50 bits per heavy atom. The van der Waals surface area contributed by atoms with Crippen molar-refractivity contribution in [2.24, 2.45) is 0 Å². The molecule has 0 fully saturated rings. The molecule has 2 aromatic heterocycles. The van der Waals surface area contributed by atoms with E-state index >= 15 is 0 Å². The fraction of sp³-hybridized carbons (Fsp3) is 0. The van der Waals surface area contributed by atoms with E-state index in [0.29, 0.717) is 5.89 Å². The molecule has 0 aliphatic carbocycles. The number of nitrogens with zero attached hydrogens (tertiary/aromatic N) is 1. The van der Waals surface area contributed by atoms with E-state index in [1.807, 2.05) is 17.5 Å². The Hall–Kier alpha value is -1.09. The van der Waals surface area contributed by atoms with Crippen LogP contribution in [0, 0.1) is 0 Å². The lowest BCUT2D eigenvalue weighted by atomic mass is 10.5. The van der Waals surface area contributed by atoms with Crippen LogP contribution in [0.1, 0.15) is 0 Å². The maximum atomic E-state index is 5.08. The standard InChI is InChI=1S/C7H5NOS/c1-2-6(10-5-1)7-8-3-4-9-7/h1-5H. The summed E-state index contributed by atoms with van der Waals surface area (Å²) in [7, 11) is 0. The van der Waals surface area contributed by atoms with E-state index in [9.17, 15) is 0 Å². The second kappa shape index (κ2) is 2.27. The van der Waals surface area contributed by atoms with Gasteiger partial charge in [0.1, 0.15) is 6.26 Å². The minimum Gasteiger partial charge on any atom is -0.444 e. The van der Waals surface area contributed by atoms with Crippen molar-refractivity contribution in [3.63, 3.8) is 0 Å². The van der Waals surface area contributed by atoms with E-state index in [1.165, 1.54) is 0 Å². The van der Waals surface area contributed by atoms with Crippen molar-refractivity contribution in [3.05, 3.63) is 30.0 Å². The predicted octanol–water partition coefficient (Wildman–Crippen LogP) is 2.40. The molecule has 0 aliphatic rings. The Kier molecular flexibility index (Phi) is 1.29. The monoisotopic (exact) mass is 151 g/mol. The first-order valence-electron chi connectivity index (χ1n) is 2.90. The van der Waals surface area contributed by atoms with Gasteiger partial charge in [-0.1, -0.05) is 6.07 Å². The zero-order chi connectivity index (χ0) is 6.81. The average Bonchev–Trinajstić information content (AvgIpc) is 2.59. The van der Waals surface area contributed by atoms with Crippen LogP contribution >= 0.6 is 11.3 Å². The van der Waals surface area contributed by atoms with Gasteiger partial charge in [-0.3, -0.25) is 0 Å². The van der Waals surface area contributed by atoms with Crippen LogP contribution < -0.4 is 0 Å². The predicted molar refractivity (Wildman–Crippen MR) is 39.8 cm³/mol. The molecule has 2 rings (SSSR count). The second-order valence-electron chi connectivity index (χ2n) is 1.81. The molecule has 0 unspecified atom stereocenters. The fourth-order valence-corrected chi connectivity index (χ4v) is 1.41. The number of hydrogen-bond donors (Lipinski definition) is 0. The van der Waals surface area contributed by atoms with Crippen molar-refractivity contribution in [1.82, 2.24) is 4.98 Å². The van der Waals surface area contributed by atoms with Crippen molar-refractivity contribution >= 4 is 11.3 Å². The Morgan fingerprint density at radius 3 is 3.10 bits per heavy atom. The quantitative estimate of drug-likeness (QED) is 0.625. The fourth-order valence-electron chi connectivity index (χ4n) is 0.745. The molecule has 0 aromatic carbocycles. The zero-order valence-corrected chi connectivity index (χ0v) is 5.97. The lowest BCUT2D eigenvalue weighted by Gasteiger charge is -1.83. The number of rotatable bonds is 1. The zero-order valence-electron chi connectivity index (χ0n) is 5.15. The molecule has 0 N–H and O–H groups in total. The molecule has 0 saturated heterocycles. The number of hydrogen-bond acceptors (Lipinski definition) is 3. The van der Waals surface area contributed by atoms with Crippen molar-refractivity contribution in [1.29, 1.82) is 0 Å². The summed E-state index contributed by atoms with van der Waals surface area (Å²) >= 11 is 1.62. The van der Waals surface area contributed by atoms with E-state index in [1.54, 1.807) is 23.8 Å². The third-order valence-corrected chi connectivity index (χ3v) is 2.02. The Morgan fingerprint density at radius 2 is 2.50 bits per heavy atom. The summed E-state index contributed by atoms with van der Waals surface area (Å²) in [6.07, 6.45) is 3.23. The second-order valence-corrected chi connectivity index (χ2v) is 2.76. The van der Waals surface area contributed by atoms with Crippen LogP contribution in [0.4, 0.5) is 0 Å². The first kappa shape index (κ1) is 5.68. The van der Waals surface area contributed by atoms with Gasteiger partial charge >= 0.3 is 0 Å². The molecule has 2 aromatic rings. The molecule has 10 heavy (non-hydrogen) atoms. The smallest absolute Gasteiger partial charge is 0.236 e. The number of oxazole rings is 1. The van der Waals surface area contributed by atoms with Crippen molar-refractivity contribution in [3.8, 4) is 10.8 Å². The van der Waals surface area contributed by atoms with Gasteiger partial charge in [-0.25, -0.2) is 4.98 Å². The highest BCUT2D eigenvalue weighted by molar-refractivity contribution is 7.13. The van der Waals surface area contributed by atoms with Gasteiger partial charge in [-0.15, -0.1) is 11.3 Å². The Bertz CT molecular complexity index is 253. The van der Waals surface area contributed by atoms with Gasteiger partial charge in [0.25, 0.3) is 0 Å². The SMILES string of the molecule is c1csc(-c2ncco2)c1. The largest absolute Gasteiger partial charge is 0.444 e. The van der Waals surface area contributed by atoms with E-state index in [-0.39, 0.29) is 0 Å².